The van der Waals surface area contributed by atoms with Crippen molar-refractivity contribution in [3.8, 4) is 0 Å². The number of hydrogen-bond donors (Lipinski definition) is 0. The van der Waals surface area contributed by atoms with E-state index in [1.54, 1.807) is 13.8 Å². The van der Waals surface area contributed by atoms with Gasteiger partial charge in [0.1, 0.15) is 0 Å². The molecule has 0 saturated heterocycles. The van der Waals surface area contributed by atoms with Crippen LogP contribution in [0.4, 0.5) is 0 Å². The first-order valence-corrected chi connectivity index (χ1v) is 13.2. The van der Waals surface area contributed by atoms with Crippen LogP contribution in [0, 0.1) is 23.7 Å². The van der Waals surface area contributed by atoms with Crippen molar-refractivity contribution in [2.75, 3.05) is 0 Å². The second-order valence-electron chi connectivity index (χ2n) is 9.80. The third-order valence-electron chi connectivity index (χ3n) is 6.28. The van der Waals surface area contributed by atoms with Gasteiger partial charge >= 0.3 is 23.9 Å². The molecular formula is C27H44O8. The van der Waals surface area contributed by atoms with Gasteiger partial charge in [-0.2, -0.15) is 0 Å². The summed E-state index contributed by atoms with van der Waals surface area (Å²) in [5.74, 6) is -2.39. The molecule has 0 saturated carbocycles. The molecule has 0 radical (unpaired) electrons. The second kappa shape index (κ2) is 18.0. The SMILES string of the molecule is CCCCCCC1C=CC(CCCCCCCC(=O)OOC(=O)C(C)C)CC1C(=O)OOC(C)=O. The van der Waals surface area contributed by atoms with Crippen LogP contribution < -0.4 is 0 Å². The van der Waals surface area contributed by atoms with E-state index in [0.29, 0.717) is 18.8 Å². The van der Waals surface area contributed by atoms with Crippen LogP contribution in [-0.2, 0) is 38.7 Å². The molecule has 3 atom stereocenters. The molecule has 0 aromatic carbocycles. The van der Waals surface area contributed by atoms with Crippen LogP contribution in [0.2, 0.25) is 0 Å². The van der Waals surface area contributed by atoms with Crippen molar-refractivity contribution < 1.29 is 38.7 Å². The van der Waals surface area contributed by atoms with Crippen molar-refractivity contribution in [1.29, 1.82) is 0 Å². The Kier molecular flexibility index (Phi) is 15.7. The topological polar surface area (TPSA) is 105 Å². The van der Waals surface area contributed by atoms with Gasteiger partial charge in [-0.05, 0) is 37.5 Å². The van der Waals surface area contributed by atoms with Crippen molar-refractivity contribution in [3.05, 3.63) is 12.2 Å². The van der Waals surface area contributed by atoms with E-state index in [4.69, 9.17) is 4.89 Å². The zero-order valence-electron chi connectivity index (χ0n) is 21.9. The Morgan fingerprint density at radius 3 is 2.14 bits per heavy atom. The fraction of sp³-hybridized carbons (Fsp3) is 0.778. The zero-order chi connectivity index (χ0) is 26.1. The summed E-state index contributed by atoms with van der Waals surface area (Å²) in [6.45, 7) is 6.72. The zero-order valence-corrected chi connectivity index (χ0v) is 21.9. The van der Waals surface area contributed by atoms with E-state index >= 15 is 0 Å². The predicted octanol–water partition coefficient (Wildman–Crippen LogP) is 6.17. The summed E-state index contributed by atoms with van der Waals surface area (Å²) in [4.78, 5) is 64.8. The Balaban J connectivity index is 2.33. The second-order valence-corrected chi connectivity index (χ2v) is 9.80. The highest BCUT2D eigenvalue weighted by Gasteiger charge is 2.34. The van der Waals surface area contributed by atoms with Crippen molar-refractivity contribution in [2.24, 2.45) is 23.7 Å². The summed E-state index contributed by atoms with van der Waals surface area (Å²) in [6, 6.07) is 0. The molecule has 0 spiro atoms. The van der Waals surface area contributed by atoms with Gasteiger partial charge in [-0.15, -0.1) is 0 Å². The average Bonchev–Trinajstić information content (AvgIpc) is 2.83. The third kappa shape index (κ3) is 13.9. The van der Waals surface area contributed by atoms with E-state index < -0.39 is 23.9 Å². The minimum Gasteiger partial charge on any atom is -0.248 e. The number of rotatable bonds is 15. The number of carbonyl (C=O) groups is 4. The maximum atomic E-state index is 12.6. The van der Waals surface area contributed by atoms with Crippen molar-refractivity contribution in [1.82, 2.24) is 0 Å². The molecule has 1 rings (SSSR count). The molecule has 0 aromatic rings. The van der Waals surface area contributed by atoms with Crippen molar-refractivity contribution in [2.45, 2.75) is 111 Å². The lowest BCUT2D eigenvalue weighted by molar-refractivity contribution is -0.261. The maximum Gasteiger partial charge on any atom is 0.359 e. The van der Waals surface area contributed by atoms with Crippen LogP contribution >= 0.6 is 0 Å². The van der Waals surface area contributed by atoms with Gasteiger partial charge in [-0.25, -0.2) is 38.7 Å². The molecule has 0 aromatic heterocycles. The van der Waals surface area contributed by atoms with E-state index in [2.05, 4.69) is 33.7 Å². The lowest BCUT2D eigenvalue weighted by Crippen LogP contribution is -2.30. The fourth-order valence-electron chi connectivity index (χ4n) is 4.20. The Bertz CT molecular complexity index is 685. The Morgan fingerprint density at radius 2 is 1.46 bits per heavy atom. The quantitative estimate of drug-likeness (QED) is 0.115. The van der Waals surface area contributed by atoms with Gasteiger partial charge in [0.2, 0.25) is 0 Å². The number of hydrogen-bond acceptors (Lipinski definition) is 8. The number of unbranched alkanes of at least 4 members (excludes halogenated alkanes) is 7. The van der Waals surface area contributed by atoms with Crippen molar-refractivity contribution in [3.63, 3.8) is 0 Å². The van der Waals surface area contributed by atoms with Gasteiger partial charge in [0.15, 0.2) is 0 Å². The van der Waals surface area contributed by atoms with Crippen molar-refractivity contribution >= 4 is 23.9 Å². The first-order valence-electron chi connectivity index (χ1n) is 13.2. The maximum absolute atomic E-state index is 12.6. The standard InChI is InChI=1S/C27H44O8/c1-5-6-7-12-15-23-18-17-22(19-24(23)27(31)35-32-21(4)28)14-11-9-8-10-13-16-25(29)33-34-26(30)20(2)3/h17-18,20,22-24H,5-16,19H2,1-4H3. The normalized spacial score (nSPS) is 19.3. The molecule has 0 bridgehead atoms. The third-order valence-corrected chi connectivity index (χ3v) is 6.28. The molecule has 200 valence electrons. The summed E-state index contributed by atoms with van der Waals surface area (Å²) in [7, 11) is 0. The molecule has 0 fully saturated rings. The summed E-state index contributed by atoms with van der Waals surface area (Å²) in [5, 5.41) is 0. The highest BCUT2D eigenvalue weighted by atomic mass is 17.2. The van der Waals surface area contributed by atoms with E-state index in [-0.39, 0.29) is 24.2 Å². The van der Waals surface area contributed by atoms with Crippen LogP contribution in [0.1, 0.15) is 111 Å². The van der Waals surface area contributed by atoms with Crippen LogP contribution in [0.25, 0.3) is 0 Å². The first kappa shape index (κ1) is 30.7. The molecule has 8 nitrogen and oxygen atoms in total. The summed E-state index contributed by atoms with van der Waals surface area (Å²) >= 11 is 0. The fourth-order valence-corrected chi connectivity index (χ4v) is 4.20. The minimum absolute atomic E-state index is 0.116. The summed E-state index contributed by atoms with van der Waals surface area (Å²) in [5.41, 5.74) is 0. The molecule has 8 heteroatoms. The van der Waals surface area contributed by atoms with Crippen LogP contribution in [0.5, 0.6) is 0 Å². The number of carbonyl (C=O) groups excluding carboxylic acids is 4. The highest BCUT2D eigenvalue weighted by Crippen LogP contribution is 2.35. The molecule has 35 heavy (non-hydrogen) atoms. The Morgan fingerprint density at radius 1 is 0.800 bits per heavy atom. The largest absolute Gasteiger partial charge is 0.359 e. The monoisotopic (exact) mass is 496 g/mol. The molecular weight excluding hydrogens is 452 g/mol. The first-order chi connectivity index (χ1) is 16.7. The lowest BCUT2D eigenvalue weighted by atomic mass is 9.75. The van der Waals surface area contributed by atoms with E-state index in [0.717, 1.165) is 57.8 Å². The van der Waals surface area contributed by atoms with Crippen LogP contribution in [-0.4, -0.2) is 23.9 Å². The van der Waals surface area contributed by atoms with Crippen LogP contribution in [0.3, 0.4) is 0 Å². The summed E-state index contributed by atoms with van der Waals surface area (Å²) < 4.78 is 0. The Labute approximate surface area is 209 Å². The van der Waals surface area contributed by atoms with E-state index in [1.165, 1.54) is 13.3 Å². The molecule has 1 aliphatic rings. The summed E-state index contributed by atoms with van der Waals surface area (Å²) in [6.07, 6.45) is 16.4. The van der Waals surface area contributed by atoms with E-state index in [9.17, 15) is 19.2 Å². The molecule has 1 aliphatic carbocycles. The van der Waals surface area contributed by atoms with Gasteiger partial charge in [0.05, 0.1) is 18.3 Å². The molecule has 0 aliphatic heterocycles. The van der Waals surface area contributed by atoms with Crippen LogP contribution in [0.15, 0.2) is 12.2 Å². The van der Waals surface area contributed by atoms with E-state index in [1.807, 2.05) is 0 Å². The predicted molar refractivity (Wildman–Crippen MR) is 130 cm³/mol. The molecule has 0 N–H and O–H groups in total. The van der Waals surface area contributed by atoms with Gasteiger partial charge in [0, 0.05) is 6.92 Å². The van der Waals surface area contributed by atoms with Gasteiger partial charge < -0.3 is 0 Å². The Hall–Kier alpha value is -2.38. The lowest BCUT2D eigenvalue weighted by Gasteiger charge is -2.30. The average molecular weight is 497 g/mol. The van der Waals surface area contributed by atoms with Gasteiger partial charge in [0.25, 0.3) is 0 Å². The minimum atomic E-state index is -0.634. The number of allylic oxidation sites excluding steroid dienone is 2. The molecule has 0 heterocycles. The smallest absolute Gasteiger partial charge is 0.248 e. The van der Waals surface area contributed by atoms with Gasteiger partial charge in [-0.1, -0.05) is 84.3 Å². The van der Waals surface area contributed by atoms with Gasteiger partial charge in [-0.3, -0.25) is 0 Å². The highest BCUT2D eigenvalue weighted by molar-refractivity contribution is 5.75. The molecule has 3 unspecified atom stereocenters. The molecule has 0 amide bonds.